The lowest BCUT2D eigenvalue weighted by Gasteiger charge is -2.36. The van der Waals surface area contributed by atoms with Crippen LogP contribution in [0, 0.1) is 0 Å². The molecule has 3 rings (SSSR count). The second-order valence-corrected chi connectivity index (χ2v) is 6.37. The number of carboxylic acids is 1. The minimum absolute atomic E-state index is 0.0696. The molecular formula is C19H21NO4. The molecule has 24 heavy (non-hydrogen) atoms. The molecule has 1 aliphatic heterocycles. The van der Waals surface area contributed by atoms with E-state index in [0.29, 0.717) is 26.1 Å². The maximum Gasteiger partial charge on any atom is 0.305 e. The van der Waals surface area contributed by atoms with Crippen LogP contribution in [-0.2, 0) is 20.7 Å². The minimum atomic E-state index is -0.900. The van der Waals surface area contributed by atoms with Crippen LogP contribution >= 0.6 is 0 Å². The Morgan fingerprint density at radius 2 is 1.79 bits per heavy atom. The summed E-state index contributed by atoms with van der Waals surface area (Å²) in [6.45, 7) is 0.951. The maximum atomic E-state index is 12.5. The molecule has 1 amide bonds. The smallest absolute Gasteiger partial charge is 0.305 e. The molecule has 1 saturated heterocycles. The van der Waals surface area contributed by atoms with Gasteiger partial charge in [-0.3, -0.25) is 9.59 Å². The third kappa shape index (κ3) is 3.92. The number of fused-ring (bicyclic) bond motifs is 1. The van der Waals surface area contributed by atoms with Crippen molar-refractivity contribution in [3.8, 4) is 0 Å². The summed E-state index contributed by atoms with van der Waals surface area (Å²) in [4.78, 5) is 23.6. The molecule has 2 aromatic rings. The summed E-state index contributed by atoms with van der Waals surface area (Å²) >= 11 is 0. The molecule has 2 N–H and O–H groups in total. The van der Waals surface area contributed by atoms with Gasteiger partial charge in [0.05, 0.1) is 18.4 Å². The average molecular weight is 327 g/mol. The SMILES string of the molecule is O=C(O)CC1(NC(=O)Cc2ccc3ccccc3c2)CCOCC1. The van der Waals surface area contributed by atoms with Crippen molar-refractivity contribution in [2.45, 2.75) is 31.2 Å². The molecule has 0 spiro atoms. The Balaban J connectivity index is 1.71. The van der Waals surface area contributed by atoms with Crippen molar-refractivity contribution >= 4 is 22.6 Å². The number of hydrogen-bond acceptors (Lipinski definition) is 3. The number of carbonyl (C=O) groups excluding carboxylic acids is 1. The Bertz CT molecular complexity index is 750. The number of amides is 1. The first kappa shape index (κ1) is 16.5. The molecule has 0 aliphatic carbocycles. The first-order valence-corrected chi connectivity index (χ1v) is 8.15. The lowest BCUT2D eigenvalue weighted by Crippen LogP contribution is -2.53. The molecular weight excluding hydrogens is 306 g/mol. The van der Waals surface area contributed by atoms with Crippen LogP contribution in [0.15, 0.2) is 42.5 Å². The largest absolute Gasteiger partial charge is 0.481 e. The molecule has 0 saturated carbocycles. The van der Waals surface area contributed by atoms with E-state index in [9.17, 15) is 9.59 Å². The van der Waals surface area contributed by atoms with Gasteiger partial charge < -0.3 is 15.2 Å². The van der Waals surface area contributed by atoms with E-state index in [1.807, 2.05) is 42.5 Å². The Kier molecular flexibility index (Phi) is 4.81. The molecule has 5 nitrogen and oxygen atoms in total. The zero-order valence-corrected chi connectivity index (χ0v) is 13.5. The highest BCUT2D eigenvalue weighted by atomic mass is 16.5. The van der Waals surface area contributed by atoms with Crippen molar-refractivity contribution in [1.82, 2.24) is 5.32 Å². The summed E-state index contributed by atoms with van der Waals surface area (Å²) in [6.07, 6.45) is 1.23. The molecule has 0 bridgehead atoms. The number of carboxylic acid groups (broad SMARTS) is 1. The second kappa shape index (κ2) is 7.01. The van der Waals surface area contributed by atoms with E-state index in [-0.39, 0.29) is 18.7 Å². The van der Waals surface area contributed by atoms with E-state index in [4.69, 9.17) is 9.84 Å². The summed E-state index contributed by atoms with van der Waals surface area (Å²) in [7, 11) is 0. The molecule has 1 aliphatic rings. The van der Waals surface area contributed by atoms with Crippen molar-refractivity contribution in [2.24, 2.45) is 0 Å². The topological polar surface area (TPSA) is 75.6 Å². The Morgan fingerprint density at radius 3 is 2.50 bits per heavy atom. The number of nitrogens with one attached hydrogen (secondary N) is 1. The van der Waals surface area contributed by atoms with Gasteiger partial charge in [-0.05, 0) is 29.2 Å². The fourth-order valence-corrected chi connectivity index (χ4v) is 3.27. The standard InChI is InChI=1S/C19H21NO4/c21-17(20-19(13-18(22)23)7-9-24-10-8-19)12-14-5-6-15-3-1-2-4-16(15)11-14/h1-6,11H,7-10,12-13H2,(H,20,21)(H,22,23). The quantitative estimate of drug-likeness (QED) is 0.885. The fourth-order valence-electron chi connectivity index (χ4n) is 3.27. The second-order valence-electron chi connectivity index (χ2n) is 6.37. The van der Waals surface area contributed by atoms with E-state index in [2.05, 4.69) is 5.32 Å². The normalized spacial score (nSPS) is 16.7. The zero-order chi connectivity index (χ0) is 17.0. The first-order valence-electron chi connectivity index (χ1n) is 8.15. The van der Waals surface area contributed by atoms with E-state index < -0.39 is 11.5 Å². The summed E-state index contributed by atoms with van der Waals surface area (Å²) in [5, 5.41) is 14.3. The molecule has 0 aromatic heterocycles. The highest BCUT2D eigenvalue weighted by Gasteiger charge is 2.36. The van der Waals surface area contributed by atoms with Gasteiger partial charge >= 0.3 is 5.97 Å². The number of benzene rings is 2. The van der Waals surface area contributed by atoms with Crippen LogP contribution < -0.4 is 5.32 Å². The van der Waals surface area contributed by atoms with Gasteiger partial charge in [0.25, 0.3) is 0 Å². The van der Waals surface area contributed by atoms with Crippen molar-refractivity contribution < 1.29 is 19.4 Å². The van der Waals surface area contributed by atoms with Gasteiger partial charge in [-0.2, -0.15) is 0 Å². The van der Waals surface area contributed by atoms with Crippen LogP contribution in [0.1, 0.15) is 24.8 Å². The van der Waals surface area contributed by atoms with E-state index >= 15 is 0 Å². The summed E-state index contributed by atoms with van der Waals surface area (Å²) in [5.74, 6) is -1.05. The van der Waals surface area contributed by atoms with Crippen molar-refractivity contribution in [3.63, 3.8) is 0 Å². The van der Waals surface area contributed by atoms with E-state index in [0.717, 1.165) is 16.3 Å². The summed E-state index contributed by atoms with van der Waals surface area (Å²) in [5.41, 5.74) is 0.224. The molecule has 1 heterocycles. The number of aliphatic carboxylic acids is 1. The fraction of sp³-hybridized carbons (Fsp3) is 0.368. The summed E-state index contributed by atoms with van der Waals surface area (Å²) < 4.78 is 5.31. The molecule has 1 fully saturated rings. The average Bonchev–Trinajstić information content (AvgIpc) is 2.54. The summed E-state index contributed by atoms with van der Waals surface area (Å²) in [6, 6.07) is 13.9. The molecule has 0 radical (unpaired) electrons. The van der Waals surface area contributed by atoms with Crippen LogP contribution in [0.25, 0.3) is 10.8 Å². The van der Waals surface area contributed by atoms with Gasteiger partial charge in [-0.15, -0.1) is 0 Å². The first-order chi connectivity index (χ1) is 11.6. The molecule has 0 unspecified atom stereocenters. The van der Waals surface area contributed by atoms with Crippen LogP contribution in [0.2, 0.25) is 0 Å². The highest BCUT2D eigenvalue weighted by molar-refractivity contribution is 5.86. The van der Waals surface area contributed by atoms with Crippen LogP contribution in [0.3, 0.4) is 0 Å². The Morgan fingerprint density at radius 1 is 1.08 bits per heavy atom. The lowest BCUT2D eigenvalue weighted by atomic mass is 9.86. The molecule has 126 valence electrons. The molecule has 2 aromatic carbocycles. The Labute approximate surface area is 140 Å². The van der Waals surface area contributed by atoms with Crippen molar-refractivity contribution in [2.75, 3.05) is 13.2 Å². The minimum Gasteiger partial charge on any atom is -0.481 e. The van der Waals surface area contributed by atoms with Crippen LogP contribution in [0.4, 0.5) is 0 Å². The van der Waals surface area contributed by atoms with Gasteiger partial charge in [0.15, 0.2) is 0 Å². The Hall–Kier alpha value is -2.40. The number of carbonyl (C=O) groups is 2. The van der Waals surface area contributed by atoms with Gasteiger partial charge in [0.1, 0.15) is 0 Å². The number of hydrogen-bond donors (Lipinski definition) is 2. The van der Waals surface area contributed by atoms with Crippen LogP contribution in [-0.4, -0.2) is 35.7 Å². The van der Waals surface area contributed by atoms with Crippen LogP contribution in [0.5, 0.6) is 0 Å². The van der Waals surface area contributed by atoms with E-state index in [1.165, 1.54) is 0 Å². The zero-order valence-electron chi connectivity index (χ0n) is 13.5. The number of ether oxygens (including phenoxy) is 1. The van der Waals surface area contributed by atoms with Crippen molar-refractivity contribution in [1.29, 1.82) is 0 Å². The molecule has 0 atom stereocenters. The van der Waals surface area contributed by atoms with Gasteiger partial charge in [0, 0.05) is 13.2 Å². The van der Waals surface area contributed by atoms with Gasteiger partial charge in [-0.1, -0.05) is 42.5 Å². The maximum absolute atomic E-state index is 12.5. The van der Waals surface area contributed by atoms with E-state index in [1.54, 1.807) is 0 Å². The van der Waals surface area contributed by atoms with Gasteiger partial charge in [0.2, 0.25) is 5.91 Å². The third-order valence-corrected chi connectivity index (χ3v) is 4.52. The number of rotatable bonds is 5. The predicted molar refractivity (Wildman–Crippen MR) is 90.8 cm³/mol. The monoisotopic (exact) mass is 327 g/mol. The molecule has 5 heteroatoms. The van der Waals surface area contributed by atoms with Crippen molar-refractivity contribution in [3.05, 3.63) is 48.0 Å². The van der Waals surface area contributed by atoms with Gasteiger partial charge in [-0.25, -0.2) is 0 Å². The lowest BCUT2D eigenvalue weighted by molar-refractivity contribution is -0.140. The third-order valence-electron chi connectivity index (χ3n) is 4.52. The highest BCUT2D eigenvalue weighted by Crippen LogP contribution is 2.25. The predicted octanol–water partition coefficient (Wildman–Crippen LogP) is 2.52.